The zero-order valence-corrected chi connectivity index (χ0v) is 10.5. The van der Waals surface area contributed by atoms with Crippen molar-refractivity contribution in [3.63, 3.8) is 0 Å². The molecule has 0 fully saturated rings. The molecule has 1 heterocycles. The number of nitrogens with two attached hydrogens (primary N) is 1. The molecule has 0 saturated carbocycles. The maximum Gasteiger partial charge on any atom is 0.145 e. The minimum absolute atomic E-state index is 0.402. The second-order valence-corrected chi connectivity index (χ2v) is 4.86. The van der Waals surface area contributed by atoms with Gasteiger partial charge in [-0.25, -0.2) is 15.8 Å². The van der Waals surface area contributed by atoms with Crippen molar-refractivity contribution >= 4 is 23.4 Å². The number of anilines is 2. The minimum Gasteiger partial charge on any atom is -0.367 e. The smallest absolute Gasteiger partial charge is 0.145 e. The van der Waals surface area contributed by atoms with Crippen molar-refractivity contribution in [3.8, 4) is 0 Å². The first-order chi connectivity index (χ1) is 7.76. The maximum absolute atomic E-state index is 5.28. The Labute approximate surface area is 101 Å². The van der Waals surface area contributed by atoms with Gasteiger partial charge in [-0.05, 0) is 24.9 Å². The van der Waals surface area contributed by atoms with E-state index in [9.17, 15) is 0 Å². The van der Waals surface area contributed by atoms with E-state index in [1.54, 1.807) is 6.07 Å². The number of rotatable bonds is 7. The molecule has 1 atom stereocenters. The van der Waals surface area contributed by atoms with Crippen molar-refractivity contribution in [3.05, 3.63) is 12.4 Å². The number of nitrogens with one attached hydrogen (secondary N) is 2. The van der Waals surface area contributed by atoms with Gasteiger partial charge in [-0.1, -0.05) is 6.92 Å². The summed E-state index contributed by atoms with van der Waals surface area (Å²) < 4.78 is 0. The topological polar surface area (TPSA) is 75.9 Å². The molecule has 0 aliphatic carbocycles. The molecule has 90 valence electrons. The summed E-state index contributed by atoms with van der Waals surface area (Å²) in [5.74, 6) is 9.03. The first-order valence-electron chi connectivity index (χ1n) is 5.39. The molecule has 6 heteroatoms. The molecule has 1 unspecified atom stereocenters. The Morgan fingerprint density at radius 2 is 2.19 bits per heavy atom. The van der Waals surface area contributed by atoms with Crippen LogP contribution in [0.5, 0.6) is 0 Å². The zero-order chi connectivity index (χ0) is 11.8. The number of hydrazine groups is 1. The molecular formula is C10H19N5S. The predicted octanol–water partition coefficient (Wildman–Crippen LogP) is 1.71. The van der Waals surface area contributed by atoms with Gasteiger partial charge in [-0.3, -0.25) is 0 Å². The van der Waals surface area contributed by atoms with Gasteiger partial charge in [0.05, 0.1) is 0 Å². The summed E-state index contributed by atoms with van der Waals surface area (Å²) in [6.07, 6.45) is 2.61. The van der Waals surface area contributed by atoms with Gasteiger partial charge in [-0.15, -0.1) is 0 Å². The van der Waals surface area contributed by atoms with Crippen LogP contribution in [0.25, 0.3) is 0 Å². The lowest BCUT2D eigenvalue weighted by Gasteiger charge is -2.14. The van der Waals surface area contributed by atoms with Crippen molar-refractivity contribution in [1.29, 1.82) is 0 Å². The van der Waals surface area contributed by atoms with Gasteiger partial charge >= 0.3 is 0 Å². The highest BCUT2D eigenvalue weighted by Gasteiger charge is 2.03. The fourth-order valence-corrected chi connectivity index (χ4v) is 2.05. The molecule has 0 radical (unpaired) electrons. The van der Waals surface area contributed by atoms with Crippen LogP contribution in [0.1, 0.15) is 20.3 Å². The monoisotopic (exact) mass is 241 g/mol. The van der Waals surface area contributed by atoms with Gasteiger partial charge in [-0.2, -0.15) is 11.8 Å². The van der Waals surface area contributed by atoms with Gasteiger partial charge in [0.15, 0.2) is 0 Å². The Morgan fingerprint density at radius 3 is 2.88 bits per heavy atom. The number of hydrogen-bond donors (Lipinski definition) is 3. The van der Waals surface area contributed by atoms with Crippen LogP contribution in [0.2, 0.25) is 0 Å². The van der Waals surface area contributed by atoms with Crippen LogP contribution in [0.15, 0.2) is 12.4 Å². The van der Waals surface area contributed by atoms with Gasteiger partial charge in [0.2, 0.25) is 0 Å². The summed E-state index contributed by atoms with van der Waals surface area (Å²) in [6.45, 7) is 4.32. The van der Waals surface area contributed by atoms with E-state index in [-0.39, 0.29) is 0 Å². The van der Waals surface area contributed by atoms with Gasteiger partial charge in [0.25, 0.3) is 0 Å². The molecule has 0 spiro atoms. The Kier molecular flexibility index (Phi) is 5.95. The first-order valence-corrected chi connectivity index (χ1v) is 6.54. The first kappa shape index (κ1) is 13.1. The fraction of sp³-hybridized carbons (Fsp3) is 0.600. The highest BCUT2D eigenvalue weighted by molar-refractivity contribution is 7.99. The van der Waals surface area contributed by atoms with Gasteiger partial charge < -0.3 is 10.7 Å². The normalized spacial score (nSPS) is 12.2. The van der Waals surface area contributed by atoms with Crippen molar-refractivity contribution < 1.29 is 0 Å². The average molecular weight is 241 g/mol. The summed E-state index contributed by atoms with van der Waals surface area (Å²) in [6, 6.07) is 2.20. The van der Waals surface area contributed by atoms with Crippen molar-refractivity contribution in [2.45, 2.75) is 26.3 Å². The second-order valence-electron chi connectivity index (χ2n) is 3.46. The van der Waals surface area contributed by atoms with Crippen LogP contribution < -0.4 is 16.6 Å². The lowest BCUT2D eigenvalue weighted by molar-refractivity contribution is 0.766. The summed E-state index contributed by atoms with van der Waals surface area (Å²) in [5.41, 5.74) is 2.50. The summed E-state index contributed by atoms with van der Waals surface area (Å²) in [5, 5.41) is 3.32. The lowest BCUT2D eigenvalue weighted by Crippen LogP contribution is -2.17. The molecule has 4 N–H and O–H groups in total. The SMILES string of the molecule is CCSCCC(C)Nc1cc(NN)ncn1. The van der Waals surface area contributed by atoms with Crippen LogP contribution in [0.3, 0.4) is 0 Å². The van der Waals surface area contributed by atoms with E-state index in [0.29, 0.717) is 11.9 Å². The third-order valence-corrected chi connectivity index (χ3v) is 3.04. The van der Waals surface area contributed by atoms with Crippen molar-refractivity contribution in [1.82, 2.24) is 9.97 Å². The van der Waals surface area contributed by atoms with E-state index < -0.39 is 0 Å². The van der Waals surface area contributed by atoms with Gasteiger partial charge in [0.1, 0.15) is 18.0 Å². The Bertz CT molecular complexity index is 307. The molecule has 0 amide bonds. The Hall–Kier alpha value is -1.01. The minimum atomic E-state index is 0.402. The number of aromatic nitrogens is 2. The lowest BCUT2D eigenvalue weighted by atomic mass is 10.2. The third-order valence-electron chi connectivity index (χ3n) is 2.11. The molecule has 1 aromatic heterocycles. The third kappa shape index (κ3) is 4.67. The molecule has 0 aromatic carbocycles. The standard InChI is InChI=1S/C10H19N5S/c1-3-16-5-4-8(2)14-9-6-10(15-11)13-7-12-9/h6-8H,3-5,11H2,1-2H3,(H2,12,13,14,15). The number of hydrogen-bond acceptors (Lipinski definition) is 6. The Balaban J connectivity index is 2.39. The Morgan fingerprint density at radius 1 is 1.44 bits per heavy atom. The molecule has 0 bridgehead atoms. The molecule has 0 aliphatic heterocycles. The average Bonchev–Trinajstić information content (AvgIpc) is 2.29. The van der Waals surface area contributed by atoms with E-state index in [4.69, 9.17) is 5.84 Å². The van der Waals surface area contributed by atoms with E-state index in [2.05, 4.69) is 34.6 Å². The van der Waals surface area contributed by atoms with E-state index in [1.165, 1.54) is 12.1 Å². The van der Waals surface area contributed by atoms with E-state index in [1.807, 2.05) is 11.8 Å². The van der Waals surface area contributed by atoms with E-state index in [0.717, 1.165) is 18.0 Å². The highest BCUT2D eigenvalue weighted by atomic mass is 32.2. The van der Waals surface area contributed by atoms with Crippen LogP contribution >= 0.6 is 11.8 Å². The highest BCUT2D eigenvalue weighted by Crippen LogP contribution is 2.11. The number of thioether (sulfide) groups is 1. The molecule has 0 aliphatic rings. The van der Waals surface area contributed by atoms with E-state index >= 15 is 0 Å². The number of nitrogen functional groups attached to an aromatic ring is 1. The predicted molar refractivity (Wildman–Crippen MR) is 70.5 cm³/mol. The molecule has 5 nitrogen and oxygen atoms in total. The molecule has 1 rings (SSSR count). The number of nitrogens with zero attached hydrogens (tertiary/aromatic N) is 2. The van der Waals surface area contributed by atoms with Crippen LogP contribution in [0, 0.1) is 0 Å². The second kappa shape index (κ2) is 7.29. The van der Waals surface area contributed by atoms with Crippen LogP contribution in [-0.2, 0) is 0 Å². The molecular weight excluding hydrogens is 222 g/mol. The fourth-order valence-electron chi connectivity index (χ4n) is 1.24. The van der Waals surface area contributed by atoms with Crippen LogP contribution in [0.4, 0.5) is 11.6 Å². The largest absolute Gasteiger partial charge is 0.367 e. The molecule has 16 heavy (non-hydrogen) atoms. The van der Waals surface area contributed by atoms with Crippen LogP contribution in [-0.4, -0.2) is 27.5 Å². The zero-order valence-electron chi connectivity index (χ0n) is 9.73. The quantitative estimate of drug-likeness (QED) is 0.383. The maximum atomic E-state index is 5.28. The summed E-state index contributed by atoms with van der Waals surface area (Å²) in [7, 11) is 0. The molecule has 1 aromatic rings. The van der Waals surface area contributed by atoms with Crippen molar-refractivity contribution in [2.24, 2.45) is 5.84 Å². The van der Waals surface area contributed by atoms with Gasteiger partial charge in [0, 0.05) is 12.1 Å². The molecule has 0 saturated heterocycles. The summed E-state index contributed by atoms with van der Waals surface area (Å²) >= 11 is 1.95. The summed E-state index contributed by atoms with van der Waals surface area (Å²) in [4.78, 5) is 8.08. The van der Waals surface area contributed by atoms with Crippen molar-refractivity contribution in [2.75, 3.05) is 22.2 Å².